The Kier molecular flexibility index (Phi) is 2.98. The van der Waals surface area contributed by atoms with E-state index in [2.05, 4.69) is 5.10 Å². The van der Waals surface area contributed by atoms with E-state index >= 15 is 0 Å². The fraction of sp³-hybridized carbons (Fsp3) is 0.571. The van der Waals surface area contributed by atoms with Gasteiger partial charge in [-0.2, -0.15) is 5.10 Å². The SMILES string of the molecule is CCn1cc(CS(=O)(=O)Cl)c(C)n1. The van der Waals surface area contributed by atoms with E-state index < -0.39 is 9.05 Å². The molecule has 0 fully saturated rings. The minimum absolute atomic E-state index is 0.152. The topological polar surface area (TPSA) is 52.0 Å². The van der Waals surface area contributed by atoms with Gasteiger partial charge in [0.05, 0.1) is 11.4 Å². The lowest BCUT2D eigenvalue weighted by Gasteiger charge is -1.92. The van der Waals surface area contributed by atoms with E-state index in [-0.39, 0.29) is 5.75 Å². The third-order valence-corrected chi connectivity index (χ3v) is 2.68. The Morgan fingerprint density at radius 1 is 1.62 bits per heavy atom. The maximum Gasteiger partial charge on any atom is 0.236 e. The molecule has 1 heterocycles. The maximum atomic E-state index is 10.8. The lowest BCUT2D eigenvalue weighted by atomic mass is 10.3. The van der Waals surface area contributed by atoms with Crippen LogP contribution in [0.25, 0.3) is 0 Å². The number of aryl methyl sites for hydroxylation is 2. The molecule has 0 saturated carbocycles. The lowest BCUT2D eigenvalue weighted by Crippen LogP contribution is -1.95. The highest BCUT2D eigenvalue weighted by atomic mass is 35.7. The summed E-state index contributed by atoms with van der Waals surface area (Å²) in [4.78, 5) is 0. The molecule has 1 rings (SSSR count). The molecule has 0 aliphatic carbocycles. The molecule has 4 nitrogen and oxygen atoms in total. The minimum atomic E-state index is -3.48. The third-order valence-electron chi connectivity index (χ3n) is 1.70. The Balaban J connectivity index is 2.95. The second-order valence-corrected chi connectivity index (χ2v) is 5.56. The van der Waals surface area contributed by atoms with Crippen LogP contribution >= 0.6 is 10.7 Å². The summed E-state index contributed by atoms with van der Waals surface area (Å²) in [6.07, 6.45) is 1.70. The van der Waals surface area contributed by atoms with Gasteiger partial charge >= 0.3 is 0 Å². The van der Waals surface area contributed by atoms with Crippen molar-refractivity contribution in [1.82, 2.24) is 9.78 Å². The van der Waals surface area contributed by atoms with Gasteiger partial charge in [0.15, 0.2) is 0 Å². The first-order valence-electron chi connectivity index (χ1n) is 3.87. The molecule has 0 aliphatic heterocycles. The van der Waals surface area contributed by atoms with Gasteiger partial charge in [-0.05, 0) is 13.8 Å². The fourth-order valence-electron chi connectivity index (χ4n) is 1.05. The number of nitrogens with zero attached hydrogens (tertiary/aromatic N) is 2. The number of halogens is 1. The smallest absolute Gasteiger partial charge is 0.236 e. The average molecular weight is 223 g/mol. The predicted molar refractivity (Wildman–Crippen MR) is 51.1 cm³/mol. The van der Waals surface area contributed by atoms with E-state index in [1.54, 1.807) is 17.8 Å². The molecular formula is C7H11ClN2O2S. The van der Waals surface area contributed by atoms with Crippen LogP contribution in [-0.4, -0.2) is 18.2 Å². The van der Waals surface area contributed by atoms with E-state index in [4.69, 9.17) is 10.7 Å². The second kappa shape index (κ2) is 3.67. The van der Waals surface area contributed by atoms with Crippen molar-refractivity contribution in [2.45, 2.75) is 26.1 Å². The fourth-order valence-corrected chi connectivity index (χ4v) is 2.06. The summed E-state index contributed by atoms with van der Waals surface area (Å²) >= 11 is 0. The summed E-state index contributed by atoms with van der Waals surface area (Å²) in [5.74, 6) is -0.152. The molecule has 0 unspecified atom stereocenters. The molecule has 0 aliphatic rings. The summed E-state index contributed by atoms with van der Waals surface area (Å²) in [7, 11) is 1.65. The van der Waals surface area contributed by atoms with Crippen LogP contribution in [0.1, 0.15) is 18.2 Å². The highest BCUT2D eigenvalue weighted by Gasteiger charge is 2.12. The molecule has 1 aromatic heterocycles. The first-order valence-corrected chi connectivity index (χ1v) is 6.35. The Morgan fingerprint density at radius 3 is 2.62 bits per heavy atom. The van der Waals surface area contributed by atoms with Crippen LogP contribution in [-0.2, 0) is 21.3 Å². The first kappa shape index (κ1) is 10.5. The van der Waals surface area contributed by atoms with Crippen LogP contribution in [0.4, 0.5) is 0 Å². The van der Waals surface area contributed by atoms with Crippen molar-refractivity contribution >= 4 is 19.7 Å². The molecular weight excluding hydrogens is 212 g/mol. The van der Waals surface area contributed by atoms with Gasteiger partial charge in [-0.15, -0.1) is 0 Å². The van der Waals surface area contributed by atoms with Crippen molar-refractivity contribution in [3.63, 3.8) is 0 Å². The normalized spacial score (nSPS) is 11.9. The number of aromatic nitrogens is 2. The van der Waals surface area contributed by atoms with Crippen molar-refractivity contribution in [3.8, 4) is 0 Å². The van der Waals surface area contributed by atoms with E-state index in [9.17, 15) is 8.42 Å². The van der Waals surface area contributed by atoms with Gasteiger partial charge in [0.2, 0.25) is 9.05 Å². The van der Waals surface area contributed by atoms with E-state index in [0.717, 1.165) is 6.54 Å². The van der Waals surface area contributed by atoms with Crippen LogP contribution in [0.3, 0.4) is 0 Å². The quantitative estimate of drug-likeness (QED) is 0.724. The number of rotatable bonds is 3. The molecule has 13 heavy (non-hydrogen) atoms. The minimum Gasteiger partial charge on any atom is -0.272 e. The Bertz CT molecular complexity index is 397. The van der Waals surface area contributed by atoms with Gasteiger partial charge in [-0.1, -0.05) is 0 Å². The van der Waals surface area contributed by atoms with Gasteiger partial charge in [0, 0.05) is 29.0 Å². The molecule has 74 valence electrons. The molecule has 0 N–H and O–H groups in total. The maximum absolute atomic E-state index is 10.8. The van der Waals surface area contributed by atoms with Crippen LogP contribution < -0.4 is 0 Å². The third kappa shape index (κ3) is 3.00. The lowest BCUT2D eigenvalue weighted by molar-refractivity contribution is 0.608. The summed E-state index contributed by atoms with van der Waals surface area (Å²) in [5, 5.41) is 4.11. The molecule has 0 atom stereocenters. The van der Waals surface area contributed by atoms with Crippen LogP contribution in [0, 0.1) is 6.92 Å². The summed E-state index contributed by atoms with van der Waals surface area (Å²) in [6.45, 7) is 4.43. The van der Waals surface area contributed by atoms with Crippen molar-refractivity contribution in [2.24, 2.45) is 0 Å². The van der Waals surface area contributed by atoms with E-state index in [1.165, 1.54) is 0 Å². The van der Waals surface area contributed by atoms with Crippen molar-refractivity contribution in [1.29, 1.82) is 0 Å². The molecule has 0 saturated heterocycles. The molecule has 0 amide bonds. The van der Waals surface area contributed by atoms with Gasteiger partial charge < -0.3 is 0 Å². The van der Waals surface area contributed by atoms with Gasteiger partial charge in [0.1, 0.15) is 0 Å². The summed E-state index contributed by atoms with van der Waals surface area (Å²) in [6, 6.07) is 0. The molecule has 6 heteroatoms. The zero-order valence-corrected chi connectivity index (χ0v) is 9.06. The monoisotopic (exact) mass is 222 g/mol. The van der Waals surface area contributed by atoms with Gasteiger partial charge in [-0.25, -0.2) is 8.42 Å². The Hall–Kier alpha value is -0.550. The summed E-state index contributed by atoms with van der Waals surface area (Å²) < 4.78 is 23.2. The molecule has 0 aromatic carbocycles. The first-order chi connectivity index (χ1) is 5.92. The van der Waals surface area contributed by atoms with Crippen LogP contribution in [0.5, 0.6) is 0 Å². The Labute approximate surface area is 81.9 Å². The molecule has 0 bridgehead atoms. The average Bonchev–Trinajstić information content (AvgIpc) is 2.29. The van der Waals surface area contributed by atoms with Gasteiger partial charge in [-0.3, -0.25) is 4.68 Å². The zero-order chi connectivity index (χ0) is 10.1. The Morgan fingerprint density at radius 2 is 2.23 bits per heavy atom. The largest absolute Gasteiger partial charge is 0.272 e. The standard InChI is InChI=1S/C7H11ClN2O2S/c1-3-10-4-7(6(2)9-10)5-13(8,11)12/h4H,3,5H2,1-2H3. The number of hydrogen-bond donors (Lipinski definition) is 0. The molecule has 0 radical (unpaired) electrons. The van der Waals surface area contributed by atoms with Crippen molar-refractivity contribution < 1.29 is 8.42 Å². The summed E-state index contributed by atoms with van der Waals surface area (Å²) in [5.41, 5.74) is 1.38. The highest BCUT2D eigenvalue weighted by molar-refractivity contribution is 8.13. The second-order valence-electron chi connectivity index (χ2n) is 2.78. The molecule has 1 aromatic rings. The molecule has 0 spiro atoms. The zero-order valence-electron chi connectivity index (χ0n) is 7.49. The van der Waals surface area contributed by atoms with E-state index in [0.29, 0.717) is 11.3 Å². The number of hydrogen-bond acceptors (Lipinski definition) is 3. The van der Waals surface area contributed by atoms with E-state index in [1.807, 2.05) is 6.92 Å². The highest BCUT2D eigenvalue weighted by Crippen LogP contribution is 2.12. The van der Waals surface area contributed by atoms with Crippen molar-refractivity contribution in [2.75, 3.05) is 0 Å². The van der Waals surface area contributed by atoms with Crippen LogP contribution in [0.15, 0.2) is 6.20 Å². The van der Waals surface area contributed by atoms with Crippen molar-refractivity contribution in [3.05, 3.63) is 17.5 Å². The van der Waals surface area contributed by atoms with Crippen LogP contribution in [0.2, 0.25) is 0 Å². The predicted octanol–water partition coefficient (Wildman–Crippen LogP) is 1.28. The van der Waals surface area contributed by atoms with Gasteiger partial charge in [0.25, 0.3) is 0 Å².